The van der Waals surface area contributed by atoms with Crippen molar-refractivity contribution in [1.82, 2.24) is 9.80 Å². The minimum Gasteiger partial charge on any atom is -0.497 e. The van der Waals surface area contributed by atoms with Crippen LogP contribution in [0, 0.1) is 11.8 Å². The molecule has 4 aliphatic rings. The first-order valence-electron chi connectivity index (χ1n) is 18.1. The molecule has 3 aromatic carbocycles. The summed E-state index contributed by atoms with van der Waals surface area (Å²) in [6.07, 6.45) is 6.19. The molecule has 3 amide bonds. The summed E-state index contributed by atoms with van der Waals surface area (Å²) in [6.45, 7) is 1.59. The minimum absolute atomic E-state index is 0.102. The Labute approximate surface area is 309 Å². The summed E-state index contributed by atoms with van der Waals surface area (Å²) in [5, 5.41) is 10.9. The number of hydrogen-bond acceptors (Lipinski definition) is 8. The lowest BCUT2D eigenvalue weighted by molar-refractivity contribution is -0.164. The molecule has 4 aliphatic heterocycles. The van der Waals surface area contributed by atoms with Gasteiger partial charge in [0.15, 0.2) is 0 Å². The molecule has 1 N–H and O–H groups in total. The van der Waals surface area contributed by atoms with Crippen LogP contribution in [0.4, 0.5) is 5.69 Å². The monoisotopic (exact) mass is 719 g/mol. The number of allylic oxidation sites excluding steroid dienone is 1. The van der Waals surface area contributed by atoms with Crippen LogP contribution in [0.25, 0.3) is 0 Å². The highest BCUT2D eigenvalue weighted by Crippen LogP contribution is 2.54. The van der Waals surface area contributed by atoms with E-state index < -0.39 is 72.2 Å². The summed E-state index contributed by atoms with van der Waals surface area (Å²) in [5.41, 5.74) is 0.596. The number of fused-ring (bicyclic) bond motifs is 2. The predicted octanol–water partition coefficient (Wildman–Crippen LogP) is 4.26. The maximum atomic E-state index is 15.1. The van der Waals surface area contributed by atoms with Crippen molar-refractivity contribution in [3.8, 4) is 5.75 Å². The average molecular weight is 720 g/mol. The molecule has 8 atom stereocenters. The average Bonchev–Trinajstić information content (AvgIpc) is 3.58. The second kappa shape index (κ2) is 15.0. The number of carbonyl (C=O) groups is 4. The quantitative estimate of drug-likeness (QED) is 0.284. The molecule has 0 aliphatic carbocycles. The number of amides is 3. The van der Waals surface area contributed by atoms with Crippen LogP contribution in [-0.4, -0.2) is 95.7 Å². The lowest BCUT2D eigenvalue weighted by Gasteiger charge is -2.38. The van der Waals surface area contributed by atoms with Gasteiger partial charge in [-0.25, -0.2) is 0 Å². The van der Waals surface area contributed by atoms with Gasteiger partial charge in [-0.2, -0.15) is 0 Å². The van der Waals surface area contributed by atoms with Gasteiger partial charge in [-0.1, -0.05) is 85.0 Å². The number of aliphatic hydroxyl groups excluding tert-OH is 1. The smallest absolute Gasteiger partial charge is 0.313 e. The number of aliphatic hydroxyl groups is 1. The summed E-state index contributed by atoms with van der Waals surface area (Å²) in [5.74, 6) is -3.30. The molecule has 3 aromatic rings. The van der Waals surface area contributed by atoms with Gasteiger partial charge in [-0.3, -0.25) is 19.2 Å². The molecule has 0 saturated carbocycles. The fourth-order valence-electron chi connectivity index (χ4n) is 8.35. The fraction of sp³-hybridized carbons (Fsp3) is 0.381. The highest BCUT2D eigenvalue weighted by Gasteiger charge is 2.72. The number of methoxy groups -OCH3 is 1. The zero-order valence-electron chi connectivity index (χ0n) is 30.1. The first kappa shape index (κ1) is 36.1. The molecule has 0 radical (unpaired) electrons. The number of rotatable bonds is 7. The van der Waals surface area contributed by atoms with E-state index in [1.165, 1.54) is 4.90 Å². The summed E-state index contributed by atoms with van der Waals surface area (Å²) in [7, 11) is 3.26. The van der Waals surface area contributed by atoms with E-state index in [1.54, 1.807) is 66.5 Å². The molecule has 11 heteroatoms. The molecule has 7 rings (SSSR count). The number of nitrogens with zero attached hydrogens (tertiary/aromatic N) is 3. The number of ether oxygens (including phenoxy) is 3. The van der Waals surface area contributed by atoms with Crippen molar-refractivity contribution in [2.24, 2.45) is 11.8 Å². The lowest BCUT2D eigenvalue weighted by Crippen LogP contribution is -2.58. The second-order valence-electron chi connectivity index (χ2n) is 14.1. The molecule has 2 fully saturated rings. The number of likely N-dealkylation sites (tertiary alicyclic amines) is 1. The third-order valence-electron chi connectivity index (χ3n) is 11.2. The lowest BCUT2D eigenvalue weighted by atomic mass is 9.77. The molecule has 0 unspecified atom stereocenters. The molecule has 11 nitrogen and oxygen atoms in total. The van der Waals surface area contributed by atoms with Crippen molar-refractivity contribution >= 4 is 29.4 Å². The van der Waals surface area contributed by atoms with Crippen LogP contribution >= 0.6 is 0 Å². The SMILES string of the molecule is COc1ccc(N2CC=C[C@@]34O[C@H]5/C=C\CCC(=O)N(C)[C@@H](C)[C@H](c6ccccc6)OC(=O)[C@H]5[C@@H]3C(=O)N([C@@H](CO)Cc3ccccc3)[C@H]4C2=O)cc1. The fourth-order valence-corrected chi connectivity index (χ4v) is 8.35. The number of benzene rings is 3. The Morgan fingerprint density at radius 2 is 1.62 bits per heavy atom. The van der Waals surface area contributed by atoms with Crippen molar-refractivity contribution in [3.63, 3.8) is 0 Å². The molecule has 0 aromatic heterocycles. The van der Waals surface area contributed by atoms with Gasteiger partial charge in [0.1, 0.15) is 29.4 Å². The van der Waals surface area contributed by atoms with E-state index in [4.69, 9.17) is 14.2 Å². The van der Waals surface area contributed by atoms with E-state index in [9.17, 15) is 14.7 Å². The number of hydrogen-bond donors (Lipinski definition) is 1. The van der Waals surface area contributed by atoms with E-state index in [1.807, 2.05) is 73.7 Å². The predicted molar refractivity (Wildman–Crippen MR) is 197 cm³/mol. The van der Waals surface area contributed by atoms with Crippen molar-refractivity contribution in [1.29, 1.82) is 0 Å². The maximum Gasteiger partial charge on any atom is 0.313 e. The first-order valence-corrected chi connectivity index (χ1v) is 18.1. The van der Waals surface area contributed by atoms with Gasteiger partial charge in [0.2, 0.25) is 11.8 Å². The van der Waals surface area contributed by atoms with Crippen molar-refractivity contribution < 1.29 is 38.5 Å². The maximum absolute atomic E-state index is 15.1. The Balaban J connectivity index is 1.34. The van der Waals surface area contributed by atoms with Crippen LogP contribution in [0.15, 0.2) is 109 Å². The second-order valence-corrected chi connectivity index (χ2v) is 14.1. The molecule has 2 saturated heterocycles. The van der Waals surface area contributed by atoms with Crippen LogP contribution in [0.5, 0.6) is 5.75 Å². The highest BCUT2D eigenvalue weighted by atomic mass is 16.6. The number of esters is 1. The summed E-state index contributed by atoms with van der Waals surface area (Å²) < 4.78 is 18.6. The number of carbonyl (C=O) groups excluding carboxylic acids is 4. The topological polar surface area (TPSA) is 126 Å². The van der Waals surface area contributed by atoms with Crippen molar-refractivity contribution in [2.75, 3.05) is 32.2 Å². The van der Waals surface area contributed by atoms with E-state index in [0.29, 0.717) is 23.4 Å². The van der Waals surface area contributed by atoms with Gasteiger partial charge >= 0.3 is 5.97 Å². The molecule has 4 heterocycles. The highest BCUT2D eigenvalue weighted by molar-refractivity contribution is 6.05. The van der Waals surface area contributed by atoms with Gasteiger partial charge in [0.25, 0.3) is 5.91 Å². The van der Waals surface area contributed by atoms with Crippen LogP contribution in [0.3, 0.4) is 0 Å². The van der Waals surface area contributed by atoms with Gasteiger partial charge < -0.3 is 34.0 Å². The van der Waals surface area contributed by atoms with Gasteiger partial charge in [0.05, 0.1) is 37.8 Å². The van der Waals surface area contributed by atoms with Crippen LogP contribution < -0.4 is 9.64 Å². The van der Waals surface area contributed by atoms with Crippen molar-refractivity contribution in [2.45, 2.75) is 62.1 Å². The van der Waals surface area contributed by atoms with E-state index in [-0.39, 0.29) is 25.3 Å². The molecule has 53 heavy (non-hydrogen) atoms. The zero-order valence-corrected chi connectivity index (χ0v) is 30.1. The Morgan fingerprint density at radius 1 is 0.925 bits per heavy atom. The molecule has 0 bridgehead atoms. The van der Waals surface area contributed by atoms with Crippen molar-refractivity contribution in [3.05, 3.63) is 120 Å². The number of cyclic esters (lactones) is 1. The summed E-state index contributed by atoms with van der Waals surface area (Å²) in [4.78, 5) is 62.8. The molecular weight excluding hydrogens is 674 g/mol. The number of anilines is 1. The van der Waals surface area contributed by atoms with E-state index >= 15 is 9.59 Å². The number of likely N-dealkylation sites (N-methyl/N-ethyl adjacent to an activating group) is 1. The van der Waals surface area contributed by atoms with Crippen LogP contribution in [-0.2, 0) is 35.1 Å². The van der Waals surface area contributed by atoms with Gasteiger partial charge in [-0.15, -0.1) is 0 Å². The Morgan fingerprint density at radius 3 is 2.30 bits per heavy atom. The summed E-state index contributed by atoms with van der Waals surface area (Å²) in [6, 6.07) is 23.2. The normalized spacial score (nSPS) is 30.0. The van der Waals surface area contributed by atoms with Gasteiger partial charge in [0, 0.05) is 25.7 Å². The standard InChI is InChI=1S/C42H45N3O8/c1-27-37(29-15-8-5-9-16-29)52-41(50)35-33(17-10-11-18-34(47)43(27)2)53-42-23-12-24-44(30-19-21-32(51-3)22-20-30)40(49)38(42)45(39(48)36(35)42)31(26-46)25-28-13-6-4-7-14-28/h4-10,12-17,19-23,27,31,33,35-38,46H,11,18,24-26H2,1-3H3/b17-10-/t27-,31+,33-,35+,36+,37+,38-,42+/m0/s1. The molecule has 1 spiro atoms. The molecule has 276 valence electrons. The van der Waals surface area contributed by atoms with Crippen LogP contribution in [0.2, 0.25) is 0 Å². The van der Waals surface area contributed by atoms with E-state index in [2.05, 4.69) is 0 Å². The zero-order chi connectivity index (χ0) is 37.3. The third kappa shape index (κ3) is 6.53. The Kier molecular flexibility index (Phi) is 10.2. The Bertz CT molecular complexity index is 1880. The summed E-state index contributed by atoms with van der Waals surface area (Å²) >= 11 is 0. The minimum atomic E-state index is -1.57. The Hall–Kier alpha value is -5.26. The molecular formula is C42H45N3O8. The third-order valence-corrected chi connectivity index (χ3v) is 11.2. The first-order chi connectivity index (χ1) is 25.7. The van der Waals surface area contributed by atoms with Gasteiger partial charge in [-0.05, 0) is 55.2 Å². The van der Waals surface area contributed by atoms with E-state index in [0.717, 1.165) is 5.56 Å². The van der Waals surface area contributed by atoms with Crippen LogP contribution in [0.1, 0.15) is 37.0 Å². The largest absolute Gasteiger partial charge is 0.497 e.